The molecule has 20 heavy (non-hydrogen) atoms. The highest BCUT2D eigenvalue weighted by molar-refractivity contribution is 14.1. The van der Waals surface area contributed by atoms with Crippen LogP contribution in [0, 0.1) is 9.49 Å². The number of nitrogens with zero attached hydrogens (tertiary/aromatic N) is 1. The Labute approximate surface area is 132 Å². The van der Waals surface area contributed by atoms with Crippen LogP contribution in [0.25, 0.3) is 0 Å². The van der Waals surface area contributed by atoms with Crippen molar-refractivity contribution in [2.24, 2.45) is 5.92 Å². The zero-order chi connectivity index (χ0) is 14.5. The molecule has 0 unspecified atom stereocenters. The van der Waals surface area contributed by atoms with Crippen LogP contribution in [0.5, 0.6) is 0 Å². The molecule has 0 aliphatic carbocycles. The van der Waals surface area contributed by atoms with Crippen LogP contribution in [0.3, 0.4) is 0 Å². The maximum absolute atomic E-state index is 12.4. The molecule has 108 valence electrons. The van der Waals surface area contributed by atoms with Crippen LogP contribution in [0.15, 0.2) is 24.3 Å². The Morgan fingerprint density at radius 1 is 1.35 bits per heavy atom. The van der Waals surface area contributed by atoms with Crippen LogP contribution < -0.4 is 0 Å². The quantitative estimate of drug-likeness (QED) is 0.592. The molecule has 4 nitrogen and oxygen atoms in total. The van der Waals surface area contributed by atoms with E-state index in [9.17, 15) is 9.59 Å². The minimum Gasteiger partial charge on any atom is -0.466 e. The first kappa shape index (κ1) is 15.3. The van der Waals surface area contributed by atoms with Gasteiger partial charge in [-0.05, 0) is 66.6 Å². The maximum atomic E-state index is 12.4. The summed E-state index contributed by atoms with van der Waals surface area (Å²) >= 11 is 2.21. The highest BCUT2D eigenvalue weighted by Gasteiger charge is 2.29. The van der Waals surface area contributed by atoms with Gasteiger partial charge in [-0.25, -0.2) is 0 Å². The van der Waals surface area contributed by atoms with Crippen LogP contribution >= 0.6 is 22.6 Å². The number of hydrogen-bond donors (Lipinski definition) is 0. The minimum atomic E-state index is -0.187. The smallest absolute Gasteiger partial charge is 0.310 e. The van der Waals surface area contributed by atoms with E-state index in [2.05, 4.69) is 22.6 Å². The number of likely N-dealkylation sites (tertiary alicyclic amines) is 1. The second-order valence-corrected chi connectivity index (χ2v) is 6.09. The van der Waals surface area contributed by atoms with E-state index in [0.717, 1.165) is 16.4 Å². The zero-order valence-electron chi connectivity index (χ0n) is 11.5. The third-order valence-corrected chi connectivity index (χ3v) is 4.14. The predicted octanol–water partition coefficient (Wildman–Crippen LogP) is 2.71. The van der Waals surface area contributed by atoms with Gasteiger partial charge in [-0.1, -0.05) is 0 Å². The van der Waals surface area contributed by atoms with Gasteiger partial charge >= 0.3 is 5.97 Å². The lowest BCUT2D eigenvalue weighted by Crippen LogP contribution is -2.42. The first-order valence-corrected chi connectivity index (χ1v) is 7.91. The summed E-state index contributed by atoms with van der Waals surface area (Å²) in [7, 11) is 0. The molecule has 0 aromatic heterocycles. The molecule has 0 radical (unpaired) electrons. The number of halogens is 1. The fourth-order valence-corrected chi connectivity index (χ4v) is 2.75. The summed E-state index contributed by atoms with van der Waals surface area (Å²) in [6.45, 7) is 3.36. The molecular formula is C15H18INO3. The van der Waals surface area contributed by atoms with Crippen molar-refractivity contribution < 1.29 is 14.3 Å². The summed E-state index contributed by atoms with van der Waals surface area (Å²) in [6.07, 6.45) is 1.65. The van der Waals surface area contributed by atoms with E-state index in [4.69, 9.17) is 4.74 Å². The zero-order valence-corrected chi connectivity index (χ0v) is 13.6. The number of esters is 1. The van der Waals surface area contributed by atoms with Crippen LogP contribution in [0.2, 0.25) is 0 Å². The standard InChI is InChI=1S/C15H18INO3/c1-2-20-15(19)12-4-3-9-17(10-12)14(18)11-5-7-13(16)8-6-11/h5-8,12H,2-4,9-10H2,1H3/t12-/m1/s1. The summed E-state index contributed by atoms with van der Waals surface area (Å²) in [5.74, 6) is -0.375. The molecule has 1 heterocycles. The fourth-order valence-electron chi connectivity index (χ4n) is 2.39. The van der Waals surface area contributed by atoms with Crippen molar-refractivity contribution in [3.05, 3.63) is 33.4 Å². The predicted molar refractivity (Wildman–Crippen MR) is 84.4 cm³/mol. The molecule has 1 amide bonds. The van der Waals surface area contributed by atoms with Crippen molar-refractivity contribution in [2.75, 3.05) is 19.7 Å². The second-order valence-electron chi connectivity index (χ2n) is 4.85. The van der Waals surface area contributed by atoms with Gasteiger partial charge in [-0.2, -0.15) is 0 Å². The van der Waals surface area contributed by atoms with Gasteiger partial charge in [0.1, 0.15) is 0 Å². The number of piperidine rings is 1. The summed E-state index contributed by atoms with van der Waals surface area (Å²) in [5.41, 5.74) is 0.676. The van der Waals surface area contributed by atoms with Gasteiger partial charge in [0, 0.05) is 22.2 Å². The molecule has 1 aromatic carbocycles. The molecule has 1 aromatic rings. The molecule has 0 N–H and O–H groups in total. The Morgan fingerprint density at radius 2 is 2.05 bits per heavy atom. The average molecular weight is 387 g/mol. The van der Waals surface area contributed by atoms with Crippen molar-refractivity contribution >= 4 is 34.5 Å². The summed E-state index contributed by atoms with van der Waals surface area (Å²) in [4.78, 5) is 26.0. The molecule has 2 rings (SSSR count). The maximum Gasteiger partial charge on any atom is 0.310 e. The molecule has 1 saturated heterocycles. The Morgan fingerprint density at radius 3 is 2.70 bits per heavy atom. The molecular weight excluding hydrogens is 369 g/mol. The number of carbonyl (C=O) groups is 2. The number of benzene rings is 1. The Bertz CT molecular complexity index is 486. The Kier molecular flexibility index (Phi) is 5.39. The Hall–Kier alpha value is -1.11. The van der Waals surface area contributed by atoms with Crippen molar-refractivity contribution in [3.63, 3.8) is 0 Å². The number of ether oxygens (including phenoxy) is 1. The van der Waals surface area contributed by atoms with Crippen molar-refractivity contribution in [2.45, 2.75) is 19.8 Å². The summed E-state index contributed by atoms with van der Waals surface area (Å²) < 4.78 is 6.15. The van der Waals surface area contributed by atoms with E-state index in [0.29, 0.717) is 25.3 Å². The molecule has 1 atom stereocenters. The van der Waals surface area contributed by atoms with E-state index in [-0.39, 0.29) is 17.8 Å². The van der Waals surface area contributed by atoms with Crippen LogP contribution in [0.1, 0.15) is 30.1 Å². The van der Waals surface area contributed by atoms with Gasteiger partial charge in [0.25, 0.3) is 5.91 Å². The molecule has 1 aliphatic heterocycles. The van der Waals surface area contributed by atoms with Gasteiger partial charge in [0.15, 0.2) is 0 Å². The molecule has 1 fully saturated rings. The normalized spacial score (nSPS) is 18.7. The minimum absolute atomic E-state index is 0.00426. The first-order valence-electron chi connectivity index (χ1n) is 6.83. The van der Waals surface area contributed by atoms with Gasteiger partial charge in [0.2, 0.25) is 0 Å². The van der Waals surface area contributed by atoms with Gasteiger partial charge in [-0.15, -0.1) is 0 Å². The van der Waals surface area contributed by atoms with E-state index in [1.807, 2.05) is 24.3 Å². The highest BCUT2D eigenvalue weighted by atomic mass is 127. The molecule has 0 saturated carbocycles. The third-order valence-electron chi connectivity index (χ3n) is 3.42. The summed E-state index contributed by atoms with van der Waals surface area (Å²) in [6, 6.07) is 7.50. The van der Waals surface area contributed by atoms with E-state index in [1.54, 1.807) is 11.8 Å². The van der Waals surface area contributed by atoms with Gasteiger partial charge in [0.05, 0.1) is 12.5 Å². The lowest BCUT2D eigenvalue weighted by molar-refractivity contribution is -0.149. The first-order chi connectivity index (χ1) is 9.61. The monoisotopic (exact) mass is 387 g/mol. The topological polar surface area (TPSA) is 46.6 Å². The van der Waals surface area contributed by atoms with E-state index < -0.39 is 0 Å². The molecule has 1 aliphatic rings. The average Bonchev–Trinajstić information content (AvgIpc) is 2.48. The molecule has 0 spiro atoms. The van der Waals surface area contributed by atoms with Crippen molar-refractivity contribution in [1.29, 1.82) is 0 Å². The number of amides is 1. The number of hydrogen-bond acceptors (Lipinski definition) is 3. The van der Waals surface area contributed by atoms with Gasteiger partial charge < -0.3 is 9.64 Å². The van der Waals surface area contributed by atoms with Crippen molar-refractivity contribution in [1.82, 2.24) is 4.90 Å². The van der Waals surface area contributed by atoms with Gasteiger partial charge in [-0.3, -0.25) is 9.59 Å². The van der Waals surface area contributed by atoms with E-state index in [1.165, 1.54) is 0 Å². The second kappa shape index (κ2) is 7.06. The fraction of sp³-hybridized carbons (Fsp3) is 0.467. The third kappa shape index (κ3) is 3.71. The van der Waals surface area contributed by atoms with E-state index >= 15 is 0 Å². The van der Waals surface area contributed by atoms with Crippen LogP contribution in [-0.4, -0.2) is 36.5 Å². The summed E-state index contributed by atoms with van der Waals surface area (Å²) in [5, 5.41) is 0. The van der Waals surface area contributed by atoms with Crippen LogP contribution in [-0.2, 0) is 9.53 Å². The number of rotatable bonds is 3. The lowest BCUT2D eigenvalue weighted by atomic mass is 9.97. The highest BCUT2D eigenvalue weighted by Crippen LogP contribution is 2.20. The Balaban J connectivity index is 2.03. The number of carbonyl (C=O) groups excluding carboxylic acids is 2. The lowest BCUT2D eigenvalue weighted by Gasteiger charge is -2.31. The SMILES string of the molecule is CCOC(=O)[C@@H]1CCCN(C(=O)c2ccc(I)cc2)C1. The molecule has 5 heteroatoms. The van der Waals surface area contributed by atoms with Crippen molar-refractivity contribution in [3.8, 4) is 0 Å². The van der Waals surface area contributed by atoms with Crippen LogP contribution in [0.4, 0.5) is 0 Å². The largest absolute Gasteiger partial charge is 0.466 e. The molecule has 0 bridgehead atoms.